The highest BCUT2D eigenvalue weighted by Gasteiger charge is 2.60. The van der Waals surface area contributed by atoms with E-state index in [1.165, 1.54) is 0 Å². The van der Waals surface area contributed by atoms with E-state index in [4.69, 9.17) is 4.74 Å². The average Bonchev–Trinajstić information content (AvgIpc) is 3.23. The summed E-state index contributed by atoms with van der Waals surface area (Å²) in [6.07, 6.45) is 2.76. The molecular formula is C19H31N3O5S. The monoisotopic (exact) mass is 413 g/mol. The van der Waals surface area contributed by atoms with Crippen molar-refractivity contribution in [2.75, 3.05) is 45.1 Å². The maximum Gasteiger partial charge on any atom is 0.240 e. The molecule has 4 aliphatic rings. The van der Waals surface area contributed by atoms with E-state index < -0.39 is 21.5 Å². The Hall–Kier alpha value is -1.19. The molecule has 4 fully saturated rings. The first-order valence-corrected chi connectivity index (χ1v) is 12.1. The van der Waals surface area contributed by atoms with Gasteiger partial charge in [-0.3, -0.25) is 9.59 Å². The van der Waals surface area contributed by atoms with Crippen LogP contribution in [0.25, 0.3) is 0 Å². The first-order valence-electron chi connectivity index (χ1n) is 10.4. The van der Waals surface area contributed by atoms with Crippen molar-refractivity contribution in [3.8, 4) is 0 Å². The minimum absolute atomic E-state index is 0.0590. The molecule has 1 aliphatic carbocycles. The van der Waals surface area contributed by atoms with Crippen LogP contribution in [0.5, 0.6) is 0 Å². The molecule has 3 heterocycles. The largest absolute Gasteiger partial charge is 0.381 e. The Kier molecular flexibility index (Phi) is 5.20. The summed E-state index contributed by atoms with van der Waals surface area (Å²) in [5, 5.41) is 0. The van der Waals surface area contributed by atoms with Gasteiger partial charge >= 0.3 is 0 Å². The maximum atomic E-state index is 13.4. The minimum Gasteiger partial charge on any atom is -0.381 e. The normalized spacial score (nSPS) is 35.9. The number of amides is 2. The number of hydrogen-bond donors (Lipinski definition) is 1. The predicted molar refractivity (Wildman–Crippen MR) is 103 cm³/mol. The summed E-state index contributed by atoms with van der Waals surface area (Å²) in [7, 11) is -3.45. The van der Waals surface area contributed by atoms with E-state index in [0.717, 1.165) is 45.6 Å². The van der Waals surface area contributed by atoms with Crippen molar-refractivity contribution in [2.24, 2.45) is 23.2 Å². The van der Waals surface area contributed by atoms with Crippen molar-refractivity contribution < 1.29 is 22.7 Å². The molecule has 0 spiro atoms. The number of hydrogen-bond acceptors (Lipinski definition) is 5. The van der Waals surface area contributed by atoms with E-state index >= 15 is 0 Å². The predicted octanol–water partition coefficient (Wildman–Crippen LogP) is 0.0477. The van der Waals surface area contributed by atoms with E-state index in [0.29, 0.717) is 24.9 Å². The van der Waals surface area contributed by atoms with Crippen LogP contribution in [0.1, 0.15) is 33.1 Å². The Morgan fingerprint density at radius 3 is 2.61 bits per heavy atom. The molecule has 3 saturated heterocycles. The van der Waals surface area contributed by atoms with Crippen LogP contribution in [0.4, 0.5) is 0 Å². The molecule has 0 aromatic carbocycles. The molecule has 158 valence electrons. The van der Waals surface area contributed by atoms with Gasteiger partial charge in [0.2, 0.25) is 21.8 Å². The van der Waals surface area contributed by atoms with Gasteiger partial charge in [0.05, 0.1) is 23.8 Å². The third-order valence-electron chi connectivity index (χ3n) is 7.32. The van der Waals surface area contributed by atoms with E-state index in [2.05, 4.69) is 4.72 Å². The summed E-state index contributed by atoms with van der Waals surface area (Å²) < 4.78 is 31.6. The number of nitrogens with one attached hydrogen (secondary N) is 1. The summed E-state index contributed by atoms with van der Waals surface area (Å²) in [6, 6.07) is -0.805. The van der Waals surface area contributed by atoms with Crippen molar-refractivity contribution >= 4 is 21.8 Å². The van der Waals surface area contributed by atoms with E-state index in [1.54, 1.807) is 18.7 Å². The zero-order valence-electron chi connectivity index (χ0n) is 16.7. The van der Waals surface area contributed by atoms with Gasteiger partial charge in [-0.1, -0.05) is 0 Å². The SMILES string of the molecule is CCS(=O)(=O)NC(C)C(=O)N1CC2CCC2(C(=O)N2CCC3COCC3C2)C1. The van der Waals surface area contributed by atoms with E-state index in [9.17, 15) is 18.0 Å². The lowest BCUT2D eigenvalue weighted by molar-refractivity contribution is -0.152. The summed E-state index contributed by atoms with van der Waals surface area (Å²) in [5.41, 5.74) is -0.467. The molecule has 0 radical (unpaired) electrons. The number of nitrogens with zero attached hydrogens (tertiary/aromatic N) is 2. The molecule has 5 unspecified atom stereocenters. The van der Waals surface area contributed by atoms with Crippen LogP contribution in [-0.2, 0) is 24.3 Å². The lowest BCUT2D eigenvalue weighted by Crippen LogP contribution is -2.56. The van der Waals surface area contributed by atoms with E-state index in [-0.39, 0.29) is 23.5 Å². The Morgan fingerprint density at radius 2 is 1.93 bits per heavy atom. The molecule has 28 heavy (non-hydrogen) atoms. The third-order valence-corrected chi connectivity index (χ3v) is 8.79. The van der Waals surface area contributed by atoms with Crippen LogP contribution in [0, 0.1) is 23.2 Å². The van der Waals surface area contributed by atoms with Gasteiger partial charge in [0.25, 0.3) is 0 Å². The third kappa shape index (κ3) is 3.35. The molecule has 1 N–H and O–H groups in total. The molecule has 1 saturated carbocycles. The summed E-state index contributed by atoms with van der Waals surface area (Å²) in [6.45, 7) is 7.17. The lowest BCUT2D eigenvalue weighted by atomic mass is 9.61. The summed E-state index contributed by atoms with van der Waals surface area (Å²) in [4.78, 5) is 29.9. The second-order valence-electron chi connectivity index (χ2n) is 8.95. The average molecular weight is 414 g/mol. The Bertz CT molecular complexity index is 757. The number of carbonyl (C=O) groups is 2. The van der Waals surface area contributed by atoms with Crippen molar-refractivity contribution in [1.82, 2.24) is 14.5 Å². The van der Waals surface area contributed by atoms with Crippen LogP contribution in [0.2, 0.25) is 0 Å². The Labute approximate surface area is 167 Å². The second-order valence-corrected chi connectivity index (χ2v) is 11.0. The number of fused-ring (bicyclic) bond motifs is 2. The zero-order chi connectivity index (χ0) is 20.1. The molecule has 0 aromatic heterocycles. The van der Waals surface area contributed by atoms with Crippen molar-refractivity contribution in [3.63, 3.8) is 0 Å². The van der Waals surface area contributed by atoms with Crippen LogP contribution in [0.15, 0.2) is 0 Å². The molecule has 4 rings (SSSR count). The van der Waals surface area contributed by atoms with Gasteiger partial charge in [0.15, 0.2) is 0 Å². The number of carbonyl (C=O) groups excluding carboxylic acids is 2. The first-order chi connectivity index (χ1) is 13.3. The summed E-state index contributed by atoms with van der Waals surface area (Å²) in [5.74, 6) is 1.10. The molecule has 2 amide bonds. The number of sulfonamides is 1. The highest BCUT2D eigenvalue weighted by molar-refractivity contribution is 7.89. The van der Waals surface area contributed by atoms with Gasteiger partial charge in [-0.25, -0.2) is 13.1 Å². The van der Waals surface area contributed by atoms with Gasteiger partial charge in [-0.2, -0.15) is 0 Å². The van der Waals surface area contributed by atoms with Crippen molar-refractivity contribution in [3.05, 3.63) is 0 Å². The lowest BCUT2D eigenvalue weighted by Gasteiger charge is -2.47. The zero-order valence-corrected chi connectivity index (χ0v) is 17.5. The van der Waals surface area contributed by atoms with Crippen LogP contribution in [0.3, 0.4) is 0 Å². The molecule has 5 atom stereocenters. The highest BCUT2D eigenvalue weighted by Crippen LogP contribution is 2.53. The second kappa shape index (κ2) is 7.25. The fourth-order valence-corrected chi connectivity index (χ4v) is 6.20. The Morgan fingerprint density at radius 1 is 1.18 bits per heavy atom. The minimum atomic E-state index is -3.45. The number of likely N-dealkylation sites (tertiary alicyclic amines) is 2. The molecule has 9 heteroatoms. The molecule has 8 nitrogen and oxygen atoms in total. The molecular weight excluding hydrogens is 382 g/mol. The van der Waals surface area contributed by atoms with E-state index in [1.807, 2.05) is 4.90 Å². The van der Waals surface area contributed by atoms with Gasteiger partial charge in [0.1, 0.15) is 0 Å². The van der Waals surface area contributed by atoms with Crippen LogP contribution in [-0.4, -0.2) is 81.2 Å². The highest BCUT2D eigenvalue weighted by atomic mass is 32.2. The van der Waals surface area contributed by atoms with Gasteiger partial charge in [-0.15, -0.1) is 0 Å². The molecule has 3 aliphatic heterocycles. The topological polar surface area (TPSA) is 96.0 Å². The molecule has 0 bridgehead atoms. The van der Waals surface area contributed by atoms with Crippen molar-refractivity contribution in [1.29, 1.82) is 0 Å². The number of ether oxygens (including phenoxy) is 1. The fourth-order valence-electron chi connectivity index (χ4n) is 5.40. The first kappa shape index (κ1) is 20.1. The van der Waals surface area contributed by atoms with Gasteiger partial charge < -0.3 is 14.5 Å². The van der Waals surface area contributed by atoms with Gasteiger partial charge in [-0.05, 0) is 44.9 Å². The van der Waals surface area contributed by atoms with Crippen LogP contribution >= 0.6 is 0 Å². The summed E-state index contributed by atoms with van der Waals surface area (Å²) >= 11 is 0. The quantitative estimate of drug-likeness (QED) is 0.687. The Balaban J connectivity index is 1.42. The van der Waals surface area contributed by atoms with Crippen molar-refractivity contribution in [2.45, 2.75) is 39.2 Å². The number of piperidine rings is 1. The molecule has 0 aromatic rings. The van der Waals surface area contributed by atoms with Crippen LogP contribution < -0.4 is 4.72 Å². The van der Waals surface area contributed by atoms with Gasteiger partial charge in [0, 0.05) is 38.7 Å². The maximum absolute atomic E-state index is 13.4. The fraction of sp³-hybridized carbons (Fsp3) is 0.895. The standard InChI is InChI=1S/C19H31N3O5S/c1-3-28(25,26)20-13(2)17(23)22-9-16-4-6-19(16,12-22)18(24)21-7-5-14-10-27-11-15(14)8-21/h13-16,20H,3-12H2,1-2H3. The number of rotatable bonds is 5. The smallest absolute Gasteiger partial charge is 0.240 e.